The van der Waals surface area contributed by atoms with E-state index in [9.17, 15) is 13.2 Å². The molecular weight excluding hydrogens is 376 g/mol. The quantitative estimate of drug-likeness (QED) is 0.805. The number of ether oxygens (including phenoxy) is 1. The van der Waals surface area contributed by atoms with Crippen molar-refractivity contribution in [1.29, 1.82) is 0 Å². The van der Waals surface area contributed by atoms with Crippen LogP contribution in [0.15, 0.2) is 53.4 Å². The molecular formula is C21H26N2O4S. The van der Waals surface area contributed by atoms with Gasteiger partial charge in [-0.3, -0.25) is 4.79 Å². The van der Waals surface area contributed by atoms with Gasteiger partial charge in [-0.2, -0.15) is 4.31 Å². The van der Waals surface area contributed by atoms with Gasteiger partial charge in [-0.05, 0) is 36.6 Å². The fourth-order valence-corrected chi connectivity index (χ4v) is 4.74. The second kappa shape index (κ2) is 8.86. The molecule has 0 unspecified atom stereocenters. The fourth-order valence-electron chi connectivity index (χ4n) is 3.31. The molecule has 0 radical (unpaired) electrons. The molecule has 2 aromatic rings. The molecule has 1 atom stereocenters. The molecule has 0 bridgehead atoms. The Morgan fingerprint density at radius 3 is 2.46 bits per heavy atom. The van der Waals surface area contributed by atoms with E-state index in [0.29, 0.717) is 38.4 Å². The second-order valence-corrected chi connectivity index (χ2v) is 8.79. The average molecular weight is 403 g/mol. The lowest BCUT2D eigenvalue weighted by molar-refractivity contribution is -0.117. The number of nitrogens with zero attached hydrogens (tertiary/aromatic N) is 1. The van der Waals surface area contributed by atoms with Crippen LogP contribution < -0.4 is 5.32 Å². The molecule has 0 aromatic heterocycles. The zero-order valence-corrected chi connectivity index (χ0v) is 17.0. The Labute approximate surface area is 166 Å². The number of aryl methyl sites for hydroxylation is 1. The first-order chi connectivity index (χ1) is 13.4. The Balaban J connectivity index is 1.84. The monoisotopic (exact) mass is 402 g/mol. The molecule has 0 saturated carbocycles. The lowest BCUT2D eigenvalue weighted by atomic mass is 9.95. The lowest BCUT2D eigenvalue weighted by Crippen LogP contribution is -2.40. The number of rotatable bonds is 6. The highest BCUT2D eigenvalue weighted by Crippen LogP contribution is 2.26. The van der Waals surface area contributed by atoms with E-state index in [4.69, 9.17) is 4.74 Å². The summed E-state index contributed by atoms with van der Waals surface area (Å²) in [6.45, 7) is 5.27. The SMILES string of the molecule is CC[C@H](C(=O)Nc1cc(S(=O)(=O)N2CCOCC2)ccc1C)c1ccccc1. The zero-order valence-electron chi connectivity index (χ0n) is 16.2. The van der Waals surface area contributed by atoms with Crippen molar-refractivity contribution in [3.8, 4) is 0 Å². The number of benzene rings is 2. The molecule has 0 aliphatic carbocycles. The van der Waals surface area contributed by atoms with Crippen LogP contribution in [0.4, 0.5) is 5.69 Å². The van der Waals surface area contributed by atoms with Crippen molar-refractivity contribution in [2.75, 3.05) is 31.6 Å². The van der Waals surface area contributed by atoms with Gasteiger partial charge in [-0.15, -0.1) is 0 Å². The Hall–Kier alpha value is -2.22. The van der Waals surface area contributed by atoms with E-state index in [0.717, 1.165) is 11.1 Å². The van der Waals surface area contributed by atoms with E-state index < -0.39 is 10.0 Å². The van der Waals surface area contributed by atoms with Gasteiger partial charge in [0.2, 0.25) is 15.9 Å². The Bertz CT molecular complexity index is 923. The Morgan fingerprint density at radius 1 is 1.14 bits per heavy atom. The minimum absolute atomic E-state index is 0.141. The highest BCUT2D eigenvalue weighted by molar-refractivity contribution is 7.89. The maximum Gasteiger partial charge on any atom is 0.243 e. The normalized spacial score (nSPS) is 16.5. The maximum atomic E-state index is 12.9. The second-order valence-electron chi connectivity index (χ2n) is 6.85. The molecule has 6 nitrogen and oxygen atoms in total. The van der Waals surface area contributed by atoms with Gasteiger partial charge < -0.3 is 10.1 Å². The van der Waals surface area contributed by atoms with Crippen molar-refractivity contribution in [2.45, 2.75) is 31.1 Å². The first-order valence-electron chi connectivity index (χ1n) is 9.48. The van der Waals surface area contributed by atoms with E-state index in [1.807, 2.05) is 44.2 Å². The number of hydrogen-bond acceptors (Lipinski definition) is 4. The predicted octanol–water partition coefficient (Wildman–Crippen LogP) is 3.15. The van der Waals surface area contributed by atoms with E-state index in [-0.39, 0.29) is 16.7 Å². The smallest absolute Gasteiger partial charge is 0.243 e. The lowest BCUT2D eigenvalue weighted by Gasteiger charge is -2.26. The van der Waals surface area contributed by atoms with Crippen molar-refractivity contribution in [1.82, 2.24) is 4.31 Å². The zero-order chi connectivity index (χ0) is 20.1. The van der Waals surface area contributed by atoms with Gasteiger partial charge in [0, 0.05) is 18.8 Å². The van der Waals surface area contributed by atoms with Crippen molar-refractivity contribution >= 4 is 21.6 Å². The van der Waals surface area contributed by atoms with Gasteiger partial charge in [0.1, 0.15) is 0 Å². The summed E-state index contributed by atoms with van der Waals surface area (Å²) in [6.07, 6.45) is 0.653. The van der Waals surface area contributed by atoms with Gasteiger partial charge in [-0.1, -0.05) is 43.3 Å². The standard InChI is InChI=1S/C21H26N2O4S/c1-3-19(17-7-5-4-6-8-17)21(24)22-20-15-18(10-9-16(20)2)28(25,26)23-11-13-27-14-12-23/h4-10,15,19H,3,11-14H2,1-2H3,(H,22,24)/t19-/m0/s1. The van der Waals surface area contributed by atoms with Gasteiger partial charge >= 0.3 is 0 Å². The van der Waals surface area contributed by atoms with E-state index in [1.54, 1.807) is 18.2 Å². The van der Waals surface area contributed by atoms with Crippen LogP contribution in [0.3, 0.4) is 0 Å². The van der Waals surface area contributed by atoms with Crippen molar-refractivity contribution in [3.05, 3.63) is 59.7 Å². The van der Waals surface area contributed by atoms with Gasteiger partial charge in [-0.25, -0.2) is 8.42 Å². The molecule has 0 spiro atoms. The van der Waals surface area contributed by atoms with Crippen LogP contribution in [-0.2, 0) is 19.6 Å². The molecule has 1 aliphatic heterocycles. The number of sulfonamides is 1. The van der Waals surface area contributed by atoms with Gasteiger partial charge in [0.05, 0.1) is 24.0 Å². The van der Waals surface area contributed by atoms with Crippen molar-refractivity contribution < 1.29 is 17.9 Å². The average Bonchev–Trinajstić information content (AvgIpc) is 2.71. The van der Waals surface area contributed by atoms with Crippen LogP contribution >= 0.6 is 0 Å². The third-order valence-corrected chi connectivity index (χ3v) is 6.90. The van der Waals surface area contributed by atoms with Crippen LogP contribution in [0.5, 0.6) is 0 Å². The summed E-state index contributed by atoms with van der Waals surface area (Å²) >= 11 is 0. The number of carbonyl (C=O) groups is 1. The van der Waals surface area contributed by atoms with Crippen LogP contribution in [-0.4, -0.2) is 44.9 Å². The summed E-state index contributed by atoms with van der Waals surface area (Å²) in [7, 11) is -3.61. The summed E-state index contributed by atoms with van der Waals surface area (Å²) in [4.78, 5) is 13.1. The van der Waals surface area contributed by atoms with Crippen molar-refractivity contribution in [2.24, 2.45) is 0 Å². The number of amides is 1. The number of morpholine rings is 1. The molecule has 1 saturated heterocycles. The van der Waals surface area contributed by atoms with Gasteiger partial charge in [0.15, 0.2) is 0 Å². The molecule has 3 rings (SSSR count). The predicted molar refractivity (Wildman–Crippen MR) is 109 cm³/mol. The summed E-state index contributed by atoms with van der Waals surface area (Å²) in [5.74, 6) is -0.433. The third kappa shape index (κ3) is 4.43. The first-order valence-corrected chi connectivity index (χ1v) is 10.9. The topological polar surface area (TPSA) is 75.7 Å². The first kappa shape index (κ1) is 20.5. The summed E-state index contributed by atoms with van der Waals surface area (Å²) in [6, 6.07) is 14.5. The van der Waals surface area contributed by atoms with Crippen LogP contribution in [0.1, 0.15) is 30.4 Å². The minimum Gasteiger partial charge on any atom is -0.379 e. The highest BCUT2D eigenvalue weighted by Gasteiger charge is 2.27. The summed E-state index contributed by atoms with van der Waals surface area (Å²) in [5.41, 5.74) is 2.28. The highest BCUT2D eigenvalue weighted by atomic mass is 32.2. The summed E-state index contributed by atoms with van der Waals surface area (Å²) < 4.78 is 32.5. The molecule has 1 fully saturated rings. The largest absolute Gasteiger partial charge is 0.379 e. The fraction of sp³-hybridized carbons (Fsp3) is 0.381. The Kier molecular flexibility index (Phi) is 6.49. The molecule has 28 heavy (non-hydrogen) atoms. The minimum atomic E-state index is -3.61. The molecule has 1 N–H and O–H groups in total. The number of nitrogens with one attached hydrogen (secondary N) is 1. The molecule has 7 heteroatoms. The van der Waals surface area contributed by atoms with Crippen LogP contribution in [0.25, 0.3) is 0 Å². The summed E-state index contributed by atoms with van der Waals surface area (Å²) in [5, 5.41) is 2.93. The van der Waals surface area contributed by atoms with E-state index >= 15 is 0 Å². The van der Waals surface area contributed by atoms with Crippen LogP contribution in [0.2, 0.25) is 0 Å². The number of hydrogen-bond donors (Lipinski definition) is 1. The molecule has 1 aliphatic rings. The van der Waals surface area contributed by atoms with E-state index in [2.05, 4.69) is 5.32 Å². The molecule has 1 heterocycles. The number of carbonyl (C=O) groups excluding carboxylic acids is 1. The molecule has 1 amide bonds. The Morgan fingerprint density at radius 2 is 1.82 bits per heavy atom. The third-order valence-electron chi connectivity index (χ3n) is 5.00. The van der Waals surface area contributed by atoms with Crippen molar-refractivity contribution in [3.63, 3.8) is 0 Å². The molecule has 2 aromatic carbocycles. The maximum absolute atomic E-state index is 12.9. The molecule has 150 valence electrons. The van der Waals surface area contributed by atoms with Crippen LogP contribution in [0, 0.1) is 6.92 Å². The number of anilines is 1. The van der Waals surface area contributed by atoms with Gasteiger partial charge in [0.25, 0.3) is 0 Å². The van der Waals surface area contributed by atoms with E-state index in [1.165, 1.54) is 4.31 Å².